The maximum atomic E-state index is 11.5. The van der Waals surface area contributed by atoms with E-state index in [9.17, 15) is 4.57 Å². The minimum absolute atomic E-state index is 1.07. The van der Waals surface area contributed by atoms with Crippen molar-refractivity contribution in [1.29, 1.82) is 0 Å². The van der Waals surface area contributed by atoms with E-state index in [1.165, 1.54) is 0 Å². The zero-order valence-corrected chi connectivity index (χ0v) is 13.9. The van der Waals surface area contributed by atoms with Crippen molar-refractivity contribution in [2.75, 3.05) is 0 Å². The van der Waals surface area contributed by atoms with Gasteiger partial charge in [-0.05, 0) is 18.1 Å². The second-order valence-electron chi connectivity index (χ2n) is 2.75. The van der Waals surface area contributed by atoms with Gasteiger partial charge >= 0.3 is 2.65 Å². The Labute approximate surface area is 102 Å². The van der Waals surface area contributed by atoms with Crippen LogP contribution in [0.2, 0.25) is 18.1 Å². The van der Waals surface area contributed by atoms with E-state index < -0.39 is 11.0 Å². The van der Waals surface area contributed by atoms with E-state index in [1.807, 2.05) is 44.1 Å². The molecule has 0 amide bonds. The predicted octanol–water partition coefficient (Wildman–Crippen LogP) is 4.99. The second kappa shape index (κ2) is 5.68. The molecule has 0 saturated heterocycles. The van der Waals surface area contributed by atoms with Gasteiger partial charge in [0.2, 0.25) is 8.32 Å². The molecule has 0 rings (SSSR count). The Morgan fingerprint density at radius 2 is 1.50 bits per heavy atom. The summed E-state index contributed by atoms with van der Waals surface area (Å²) in [6, 6.07) is 3.20. The van der Waals surface area contributed by atoms with E-state index >= 15 is 0 Å². The Hall–Kier alpha value is 1.87. The van der Waals surface area contributed by atoms with Gasteiger partial charge in [-0.2, -0.15) is 0 Å². The van der Waals surface area contributed by atoms with Gasteiger partial charge in [-0.3, -0.25) is 4.57 Å². The van der Waals surface area contributed by atoms with Crippen LogP contribution in [0.5, 0.6) is 0 Å². The molecule has 0 spiro atoms. The van der Waals surface area contributed by atoms with Crippen molar-refractivity contribution >= 4 is 55.1 Å². The highest BCUT2D eigenvalue weighted by Gasteiger charge is 2.34. The van der Waals surface area contributed by atoms with Crippen LogP contribution in [0.15, 0.2) is 0 Å². The van der Waals surface area contributed by atoms with Crippen LogP contribution >= 0.6 is 46.7 Å². The quantitative estimate of drug-likeness (QED) is 0.348. The van der Waals surface area contributed by atoms with Gasteiger partial charge in [0.05, 0.1) is 0 Å². The summed E-state index contributed by atoms with van der Waals surface area (Å²) >= 11 is 3.85. The van der Waals surface area contributed by atoms with Gasteiger partial charge in [0.1, 0.15) is 0 Å². The average molecular weight is 432 g/mol. The van der Waals surface area contributed by atoms with Gasteiger partial charge in [0.25, 0.3) is 0 Å². The summed E-state index contributed by atoms with van der Waals surface area (Å²) in [4.78, 5) is 0. The summed E-state index contributed by atoms with van der Waals surface area (Å²) in [5, 5.41) is 0. The summed E-state index contributed by atoms with van der Waals surface area (Å²) in [6.45, 7) is 6.42. The molecular weight excluding hydrogens is 417 g/mol. The first-order chi connectivity index (χ1) is 5.39. The minimum Gasteiger partial charge on any atom is -0.356 e. The Kier molecular flexibility index (Phi) is 6.56. The largest absolute Gasteiger partial charge is 0.356 e. The van der Waals surface area contributed by atoms with E-state index in [4.69, 9.17) is 4.21 Å². The van der Waals surface area contributed by atoms with Crippen LogP contribution in [0.3, 0.4) is 0 Å². The number of halogens is 2. The molecule has 0 saturated carbocycles. The lowest BCUT2D eigenvalue weighted by Crippen LogP contribution is -2.33. The summed E-state index contributed by atoms with van der Waals surface area (Å²) in [5.41, 5.74) is 0. The van der Waals surface area contributed by atoms with E-state index in [1.54, 1.807) is 0 Å². The lowest BCUT2D eigenvalue weighted by molar-refractivity contribution is 0.509. The highest BCUT2D eigenvalue weighted by molar-refractivity contribution is 14.3. The van der Waals surface area contributed by atoms with Crippen molar-refractivity contribution in [1.82, 2.24) is 0 Å². The normalized spacial score (nSPS) is 13.4. The average Bonchev–Trinajstić information content (AvgIpc) is 1.99. The van der Waals surface area contributed by atoms with Gasteiger partial charge in [-0.25, -0.2) is 0 Å². The van der Waals surface area contributed by atoms with Crippen LogP contribution in [-0.2, 0) is 8.78 Å². The Balaban J connectivity index is 4.41. The minimum atomic E-state index is -2.34. The third kappa shape index (κ3) is 4.93. The van der Waals surface area contributed by atoms with Crippen molar-refractivity contribution in [2.45, 2.75) is 38.9 Å². The zero-order chi connectivity index (χ0) is 9.83. The van der Waals surface area contributed by atoms with Crippen LogP contribution in [0.4, 0.5) is 0 Å². The predicted molar refractivity (Wildman–Crippen MR) is 73.9 cm³/mol. The van der Waals surface area contributed by atoms with Crippen molar-refractivity contribution in [2.24, 2.45) is 0 Å². The molecule has 0 heterocycles. The molecule has 6 heteroatoms. The van der Waals surface area contributed by atoms with Crippen LogP contribution in [0.1, 0.15) is 20.8 Å². The molecule has 0 atom stereocenters. The molecule has 0 aromatic carbocycles. The first kappa shape index (κ1) is 13.9. The molecule has 0 aliphatic rings. The van der Waals surface area contributed by atoms with Gasteiger partial charge in [-0.15, -0.1) is 0 Å². The molecule has 0 bridgehead atoms. The molecular formula is C6H15I2O2PSi. The van der Waals surface area contributed by atoms with Gasteiger partial charge in [0, 0.05) is 44.1 Å². The highest BCUT2D eigenvalue weighted by Crippen LogP contribution is 2.66. The van der Waals surface area contributed by atoms with Gasteiger partial charge in [0.15, 0.2) is 0 Å². The molecule has 12 heavy (non-hydrogen) atoms. The number of hydrogen-bond acceptors (Lipinski definition) is 2. The van der Waals surface area contributed by atoms with Crippen LogP contribution in [-0.4, -0.2) is 8.32 Å². The second-order valence-corrected chi connectivity index (χ2v) is 22.0. The third-order valence-corrected chi connectivity index (χ3v) is 12.0. The third-order valence-electron chi connectivity index (χ3n) is 2.23. The maximum absolute atomic E-state index is 11.5. The number of hydrogen-bond donors (Lipinski definition) is 0. The van der Waals surface area contributed by atoms with Crippen molar-refractivity contribution < 1.29 is 8.78 Å². The fraction of sp³-hybridized carbons (Fsp3) is 1.00. The monoisotopic (exact) mass is 432 g/mol. The van der Waals surface area contributed by atoms with Crippen molar-refractivity contribution in [3.05, 3.63) is 0 Å². The lowest BCUT2D eigenvalue weighted by atomic mass is 10.9. The first-order valence-electron chi connectivity index (χ1n) is 4.09. The molecule has 0 aromatic heterocycles. The summed E-state index contributed by atoms with van der Waals surface area (Å²) < 4.78 is 14.9. The van der Waals surface area contributed by atoms with E-state index in [-0.39, 0.29) is 0 Å². The van der Waals surface area contributed by atoms with E-state index in [2.05, 4.69) is 20.8 Å². The first-order valence-corrected chi connectivity index (χ1v) is 13.8. The topological polar surface area (TPSA) is 26.3 Å². The maximum Gasteiger partial charge on any atom is 0.306 e. The van der Waals surface area contributed by atoms with Crippen LogP contribution in [0, 0.1) is 0 Å². The standard InChI is InChI=1S/C6H15I2O2PSi/c1-4-12(5-2,6-3)10-11(7,8)9/h4-6H2,1-3H3. The molecule has 2 nitrogen and oxygen atoms in total. The van der Waals surface area contributed by atoms with E-state index in [0.717, 1.165) is 18.1 Å². The molecule has 0 fully saturated rings. The van der Waals surface area contributed by atoms with Crippen LogP contribution in [0.25, 0.3) is 0 Å². The lowest BCUT2D eigenvalue weighted by Gasteiger charge is -2.28. The molecule has 0 aliphatic carbocycles. The van der Waals surface area contributed by atoms with Crippen molar-refractivity contribution in [3.63, 3.8) is 0 Å². The highest BCUT2D eigenvalue weighted by atomic mass is 127. The SMILES string of the molecule is CC[Si](CC)(CC)OP(=O)(I)I. The molecule has 0 N–H and O–H groups in total. The molecule has 0 aliphatic heterocycles. The summed E-state index contributed by atoms with van der Waals surface area (Å²) in [6.07, 6.45) is 0. The molecule has 0 aromatic rings. The molecule has 0 unspecified atom stereocenters. The smallest absolute Gasteiger partial charge is 0.306 e. The molecule has 0 radical (unpaired) electrons. The Bertz CT molecular complexity index is 170. The van der Waals surface area contributed by atoms with E-state index in [0.29, 0.717) is 0 Å². The fourth-order valence-electron chi connectivity index (χ4n) is 1.17. The zero-order valence-electron chi connectivity index (χ0n) is 7.64. The molecule has 74 valence electrons. The van der Waals surface area contributed by atoms with Crippen LogP contribution < -0.4 is 0 Å². The van der Waals surface area contributed by atoms with Gasteiger partial charge in [-0.1, -0.05) is 20.8 Å². The Morgan fingerprint density at radius 1 is 1.17 bits per heavy atom. The van der Waals surface area contributed by atoms with Gasteiger partial charge < -0.3 is 4.21 Å². The fourth-order valence-corrected chi connectivity index (χ4v) is 13.5. The summed E-state index contributed by atoms with van der Waals surface area (Å²) in [5.74, 6) is 0. The Morgan fingerprint density at radius 3 is 1.58 bits per heavy atom. The van der Waals surface area contributed by atoms with Crippen molar-refractivity contribution in [3.8, 4) is 0 Å². The number of rotatable bonds is 5. The summed E-state index contributed by atoms with van der Waals surface area (Å²) in [7, 11) is -1.63.